The van der Waals surface area contributed by atoms with Gasteiger partial charge in [0.15, 0.2) is 0 Å². The number of rotatable bonds is 2. The van der Waals surface area contributed by atoms with Crippen LogP contribution in [0, 0.1) is 0 Å². The van der Waals surface area contributed by atoms with E-state index < -0.39 is 0 Å². The van der Waals surface area contributed by atoms with Gasteiger partial charge in [0.05, 0.1) is 11.3 Å². The second-order valence-corrected chi connectivity index (χ2v) is 6.32. The third-order valence-electron chi connectivity index (χ3n) is 4.03. The second kappa shape index (κ2) is 5.63. The van der Waals surface area contributed by atoms with Gasteiger partial charge in [0.1, 0.15) is 6.04 Å². The molecule has 0 N–H and O–H groups in total. The number of benzene rings is 2. The van der Waals surface area contributed by atoms with E-state index in [-0.39, 0.29) is 11.9 Å². The van der Waals surface area contributed by atoms with E-state index in [0.717, 1.165) is 21.4 Å². The molecule has 4 rings (SSSR count). The van der Waals surface area contributed by atoms with Crippen molar-refractivity contribution in [2.24, 2.45) is 0 Å². The van der Waals surface area contributed by atoms with Gasteiger partial charge in [-0.3, -0.25) is 14.7 Å². The van der Waals surface area contributed by atoms with E-state index in [1.807, 2.05) is 71.6 Å². The van der Waals surface area contributed by atoms with Crippen LogP contribution in [0.3, 0.4) is 0 Å². The molecule has 23 heavy (non-hydrogen) atoms. The molecule has 3 nitrogen and oxygen atoms in total. The van der Waals surface area contributed by atoms with Crippen LogP contribution in [0.15, 0.2) is 77.4 Å². The van der Waals surface area contributed by atoms with Crippen LogP contribution in [0.1, 0.15) is 27.7 Å². The maximum atomic E-state index is 12.9. The van der Waals surface area contributed by atoms with Crippen molar-refractivity contribution >= 4 is 27.5 Å². The van der Waals surface area contributed by atoms with E-state index >= 15 is 0 Å². The van der Waals surface area contributed by atoms with E-state index in [0.29, 0.717) is 5.56 Å². The number of anilines is 1. The minimum Gasteiger partial charge on any atom is -0.295 e. The van der Waals surface area contributed by atoms with Gasteiger partial charge in [0, 0.05) is 16.4 Å². The highest BCUT2D eigenvalue weighted by molar-refractivity contribution is 9.10. The van der Waals surface area contributed by atoms with Gasteiger partial charge in [-0.25, -0.2) is 0 Å². The third kappa shape index (κ3) is 2.35. The number of halogens is 1. The monoisotopic (exact) mass is 364 g/mol. The maximum Gasteiger partial charge on any atom is 0.261 e. The molecule has 0 bridgehead atoms. The van der Waals surface area contributed by atoms with Gasteiger partial charge in [0.2, 0.25) is 0 Å². The largest absolute Gasteiger partial charge is 0.295 e. The average Bonchev–Trinajstić information content (AvgIpc) is 2.90. The molecule has 0 saturated carbocycles. The number of para-hydroxylation sites is 1. The number of amides is 1. The van der Waals surface area contributed by atoms with Crippen molar-refractivity contribution in [1.29, 1.82) is 0 Å². The Kier molecular flexibility index (Phi) is 3.46. The Morgan fingerprint density at radius 3 is 2.39 bits per heavy atom. The zero-order chi connectivity index (χ0) is 15.8. The normalized spacial score (nSPS) is 16.5. The minimum atomic E-state index is -0.200. The molecular formula is C19H13BrN2O. The highest BCUT2D eigenvalue weighted by Crippen LogP contribution is 2.40. The molecule has 0 fully saturated rings. The highest BCUT2D eigenvalue weighted by atomic mass is 79.9. The summed E-state index contributed by atoms with van der Waals surface area (Å²) in [5.41, 5.74) is 3.40. The molecule has 4 heteroatoms. The lowest BCUT2D eigenvalue weighted by molar-refractivity contribution is 0.0993. The Morgan fingerprint density at radius 1 is 0.913 bits per heavy atom. The molecule has 2 aromatic carbocycles. The first-order chi connectivity index (χ1) is 11.3. The van der Waals surface area contributed by atoms with Crippen molar-refractivity contribution in [3.63, 3.8) is 0 Å². The number of nitrogens with zero attached hydrogens (tertiary/aromatic N) is 2. The topological polar surface area (TPSA) is 33.2 Å². The van der Waals surface area contributed by atoms with Crippen molar-refractivity contribution in [3.05, 3.63) is 94.2 Å². The van der Waals surface area contributed by atoms with Gasteiger partial charge in [-0.1, -0.05) is 46.3 Å². The fraction of sp³-hybridized carbons (Fsp3) is 0.0526. The van der Waals surface area contributed by atoms with Crippen LogP contribution in [0.4, 0.5) is 5.69 Å². The van der Waals surface area contributed by atoms with Crippen LogP contribution >= 0.6 is 15.9 Å². The van der Waals surface area contributed by atoms with Gasteiger partial charge in [-0.2, -0.15) is 0 Å². The molecule has 0 saturated heterocycles. The lowest BCUT2D eigenvalue weighted by Gasteiger charge is -2.25. The predicted octanol–water partition coefficient (Wildman–Crippen LogP) is 4.59. The van der Waals surface area contributed by atoms with Crippen LogP contribution in [-0.4, -0.2) is 10.9 Å². The van der Waals surface area contributed by atoms with E-state index in [2.05, 4.69) is 20.9 Å². The molecule has 1 unspecified atom stereocenters. The molecule has 1 aromatic heterocycles. The van der Waals surface area contributed by atoms with Crippen molar-refractivity contribution in [2.75, 3.05) is 4.90 Å². The zero-order valence-corrected chi connectivity index (χ0v) is 13.8. The summed E-state index contributed by atoms with van der Waals surface area (Å²) < 4.78 is 1.01. The van der Waals surface area contributed by atoms with E-state index in [1.54, 1.807) is 6.20 Å². The lowest BCUT2D eigenvalue weighted by Crippen LogP contribution is -2.28. The van der Waals surface area contributed by atoms with Crippen LogP contribution in [0.2, 0.25) is 0 Å². The van der Waals surface area contributed by atoms with Crippen LogP contribution in [-0.2, 0) is 0 Å². The fourth-order valence-corrected chi connectivity index (χ4v) is 3.26. The van der Waals surface area contributed by atoms with Gasteiger partial charge in [0.25, 0.3) is 5.91 Å². The number of carbonyl (C=O) groups excluding carboxylic acids is 1. The average molecular weight is 365 g/mol. The van der Waals surface area contributed by atoms with Crippen molar-refractivity contribution in [2.45, 2.75) is 6.04 Å². The first-order valence-electron chi connectivity index (χ1n) is 7.35. The summed E-state index contributed by atoms with van der Waals surface area (Å²) in [7, 11) is 0. The molecule has 0 aliphatic carbocycles. The Labute approximate surface area is 142 Å². The molecule has 112 valence electrons. The fourth-order valence-electron chi connectivity index (χ4n) is 2.99. The minimum absolute atomic E-state index is 0.00720. The quantitative estimate of drug-likeness (QED) is 0.665. The molecule has 1 amide bonds. The van der Waals surface area contributed by atoms with E-state index in [4.69, 9.17) is 0 Å². The molecule has 1 aliphatic rings. The van der Waals surface area contributed by atoms with E-state index in [1.165, 1.54) is 0 Å². The van der Waals surface area contributed by atoms with Gasteiger partial charge >= 0.3 is 0 Å². The summed E-state index contributed by atoms with van der Waals surface area (Å²) >= 11 is 3.46. The van der Waals surface area contributed by atoms with Crippen molar-refractivity contribution in [1.82, 2.24) is 4.98 Å². The first kappa shape index (κ1) is 14.2. The summed E-state index contributed by atoms with van der Waals surface area (Å²) in [5, 5.41) is 0. The summed E-state index contributed by atoms with van der Waals surface area (Å²) in [6.45, 7) is 0. The predicted molar refractivity (Wildman–Crippen MR) is 93.5 cm³/mol. The number of carbonyl (C=O) groups is 1. The lowest BCUT2D eigenvalue weighted by atomic mass is 10.0. The maximum absolute atomic E-state index is 12.9. The van der Waals surface area contributed by atoms with Crippen LogP contribution in [0.5, 0.6) is 0 Å². The third-order valence-corrected chi connectivity index (χ3v) is 4.55. The van der Waals surface area contributed by atoms with Crippen molar-refractivity contribution in [3.8, 4) is 0 Å². The molecule has 0 radical (unpaired) electrons. The zero-order valence-electron chi connectivity index (χ0n) is 12.2. The number of hydrogen-bond donors (Lipinski definition) is 0. The summed E-state index contributed by atoms with van der Waals surface area (Å²) in [5.74, 6) is -0.00720. The number of fused-ring (bicyclic) bond motifs is 1. The number of hydrogen-bond acceptors (Lipinski definition) is 2. The molecule has 2 heterocycles. The van der Waals surface area contributed by atoms with E-state index in [9.17, 15) is 4.79 Å². The molecular weight excluding hydrogens is 352 g/mol. The Bertz CT molecular complexity index is 862. The number of aromatic nitrogens is 1. The van der Waals surface area contributed by atoms with Gasteiger partial charge in [-0.05, 0) is 42.0 Å². The smallest absolute Gasteiger partial charge is 0.261 e. The van der Waals surface area contributed by atoms with Gasteiger partial charge < -0.3 is 0 Å². The molecule has 0 spiro atoms. The summed E-state index contributed by atoms with van der Waals surface area (Å²) in [6.07, 6.45) is 1.74. The van der Waals surface area contributed by atoms with Crippen LogP contribution < -0.4 is 4.90 Å². The van der Waals surface area contributed by atoms with Crippen LogP contribution in [0.25, 0.3) is 0 Å². The summed E-state index contributed by atoms with van der Waals surface area (Å²) in [4.78, 5) is 19.2. The van der Waals surface area contributed by atoms with Crippen molar-refractivity contribution < 1.29 is 4.79 Å². The Hall–Kier alpha value is -2.46. The Morgan fingerprint density at radius 2 is 1.65 bits per heavy atom. The molecule has 1 atom stereocenters. The molecule has 3 aromatic rings. The summed E-state index contributed by atoms with van der Waals surface area (Å²) in [6, 6.07) is 21.2. The highest BCUT2D eigenvalue weighted by Gasteiger charge is 2.39. The SMILES string of the molecule is O=C1c2cccnc2C(c2ccc(Br)cc2)N1c1ccccc1. The number of pyridine rings is 1. The standard InChI is InChI=1S/C19H13BrN2O/c20-14-10-8-13(9-11-14)18-17-16(7-4-12-21-17)19(23)22(18)15-5-2-1-3-6-15/h1-12,18H. The Balaban J connectivity index is 1.91. The second-order valence-electron chi connectivity index (χ2n) is 5.40. The van der Waals surface area contributed by atoms with Gasteiger partial charge in [-0.15, -0.1) is 0 Å². The molecule has 1 aliphatic heterocycles. The first-order valence-corrected chi connectivity index (χ1v) is 8.14.